The number of nitrogens with zero attached hydrogens (tertiary/aromatic N) is 2. The Kier molecular flexibility index (Phi) is 4.65. The van der Waals surface area contributed by atoms with Crippen molar-refractivity contribution < 1.29 is 14.4 Å². The van der Waals surface area contributed by atoms with Gasteiger partial charge in [-0.05, 0) is 19.1 Å². The monoisotopic (exact) mass is 304 g/mol. The summed E-state index contributed by atoms with van der Waals surface area (Å²) >= 11 is 0. The Labute approximate surface area is 129 Å². The highest BCUT2D eigenvalue weighted by Gasteiger charge is 2.28. The second-order valence-corrected chi connectivity index (χ2v) is 5.13. The number of rotatable bonds is 5. The molecule has 1 aliphatic heterocycles. The molecule has 1 atom stereocenters. The van der Waals surface area contributed by atoms with Gasteiger partial charge in [-0.2, -0.15) is 0 Å². The molecule has 0 aromatic heterocycles. The van der Waals surface area contributed by atoms with E-state index >= 15 is 0 Å². The lowest BCUT2D eigenvalue weighted by Crippen LogP contribution is -2.28. The topological polar surface area (TPSA) is 101 Å². The molecule has 0 aliphatic carbocycles. The lowest BCUT2D eigenvalue weighted by atomic mass is 10.0. The number of benzene rings is 1. The van der Waals surface area contributed by atoms with Crippen LogP contribution in [0.5, 0.6) is 5.75 Å². The first-order valence-corrected chi connectivity index (χ1v) is 6.99. The molecule has 1 heterocycles. The number of carbonyl (C=O) groups excluding carboxylic acids is 1. The fraction of sp³-hybridized carbons (Fsp3) is 0.400. The lowest BCUT2D eigenvalue weighted by Gasteiger charge is -2.16. The van der Waals surface area contributed by atoms with Gasteiger partial charge in [-0.15, -0.1) is 0 Å². The van der Waals surface area contributed by atoms with Crippen molar-refractivity contribution in [2.24, 2.45) is 10.9 Å². The van der Waals surface area contributed by atoms with E-state index in [0.717, 1.165) is 11.1 Å². The van der Waals surface area contributed by atoms with Crippen molar-refractivity contribution in [1.82, 2.24) is 4.90 Å². The summed E-state index contributed by atoms with van der Waals surface area (Å²) in [6.07, 6.45) is -0.413. The Hall–Kier alpha value is -2.57. The Balaban J connectivity index is 2.32. The van der Waals surface area contributed by atoms with Crippen LogP contribution in [0.3, 0.4) is 0 Å². The van der Waals surface area contributed by atoms with Gasteiger partial charge in [0.1, 0.15) is 11.6 Å². The number of primary amides is 1. The first-order chi connectivity index (χ1) is 10.4. The van der Waals surface area contributed by atoms with Crippen LogP contribution in [0.15, 0.2) is 23.4 Å². The molecule has 0 fully saturated rings. The smallest absolute Gasteiger partial charge is 0.261 e. The van der Waals surface area contributed by atoms with Crippen LogP contribution >= 0.6 is 0 Å². The maximum absolute atomic E-state index is 11.2. The number of hydrogen-bond donors (Lipinski definition) is 2. The summed E-state index contributed by atoms with van der Waals surface area (Å²) in [7, 11) is 3.62. The van der Waals surface area contributed by atoms with E-state index in [-0.39, 0.29) is 0 Å². The molecule has 0 spiro atoms. The van der Waals surface area contributed by atoms with E-state index in [1.54, 1.807) is 11.0 Å². The molecule has 3 N–H and O–H groups in total. The molecule has 1 unspecified atom stereocenters. The van der Waals surface area contributed by atoms with Crippen molar-refractivity contribution in [3.63, 3.8) is 0 Å². The van der Waals surface area contributed by atoms with Gasteiger partial charge in [0.2, 0.25) is 6.10 Å². The lowest BCUT2D eigenvalue weighted by molar-refractivity contribution is -0.127. The number of ether oxygens (including phenoxy) is 1. The highest BCUT2D eigenvalue weighted by Crippen LogP contribution is 2.26. The van der Waals surface area contributed by atoms with Crippen LogP contribution in [0, 0.1) is 5.41 Å². The third kappa shape index (κ3) is 3.19. The molecule has 0 bridgehead atoms. The standard InChI is InChI=1S/C15H20N4O3/c1-4-21-12-7-9(14(16)19(2)3)5-6-10(12)11-8-13(15(17)20)22-18-11/h5-7,13,16H,4,8H2,1-3H3,(H2,17,20). The zero-order valence-corrected chi connectivity index (χ0v) is 12.9. The number of hydrogen-bond acceptors (Lipinski definition) is 5. The number of nitrogens with two attached hydrogens (primary N) is 1. The van der Waals surface area contributed by atoms with Crippen LogP contribution in [-0.2, 0) is 9.63 Å². The molecule has 7 heteroatoms. The summed E-state index contributed by atoms with van der Waals surface area (Å²) in [5, 5.41) is 12.0. The van der Waals surface area contributed by atoms with E-state index in [1.807, 2.05) is 33.2 Å². The first-order valence-electron chi connectivity index (χ1n) is 6.99. The number of amidine groups is 1. The molecule has 0 radical (unpaired) electrons. The molecule has 1 amide bonds. The number of oxime groups is 1. The Morgan fingerprint density at radius 2 is 2.27 bits per heavy atom. The van der Waals surface area contributed by atoms with Gasteiger partial charge in [-0.3, -0.25) is 10.2 Å². The van der Waals surface area contributed by atoms with Gasteiger partial charge in [-0.25, -0.2) is 0 Å². The summed E-state index contributed by atoms with van der Waals surface area (Å²) in [6.45, 7) is 2.37. The average molecular weight is 304 g/mol. The highest BCUT2D eigenvalue weighted by molar-refractivity contribution is 6.07. The summed E-state index contributed by atoms with van der Waals surface area (Å²) in [4.78, 5) is 17.9. The largest absolute Gasteiger partial charge is 0.493 e. The van der Waals surface area contributed by atoms with Crippen molar-refractivity contribution in [2.75, 3.05) is 20.7 Å². The van der Waals surface area contributed by atoms with Crippen molar-refractivity contribution in [1.29, 1.82) is 5.41 Å². The average Bonchev–Trinajstić information content (AvgIpc) is 2.96. The van der Waals surface area contributed by atoms with Crippen molar-refractivity contribution in [3.8, 4) is 5.75 Å². The van der Waals surface area contributed by atoms with Crippen LogP contribution in [0.1, 0.15) is 24.5 Å². The predicted octanol–water partition coefficient (Wildman–Crippen LogP) is 0.951. The minimum Gasteiger partial charge on any atom is -0.493 e. The molecule has 7 nitrogen and oxygen atoms in total. The van der Waals surface area contributed by atoms with Gasteiger partial charge in [-0.1, -0.05) is 11.2 Å². The van der Waals surface area contributed by atoms with Gasteiger partial charge in [0.25, 0.3) is 5.91 Å². The van der Waals surface area contributed by atoms with Gasteiger partial charge >= 0.3 is 0 Å². The number of amides is 1. The molecular weight excluding hydrogens is 284 g/mol. The van der Waals surface area contributed by atoms with Gasteiger partial charge in [0.05, 0.1) is 12.3 Å². The van der Waals surface area contributed by atoms with Crippen LogP contribution < -0.4 is 10.5 Å². The zero-order chi connectivity index (χ0) is 16.3. The second-order valence-electron chi connectivity index (χ2n) is 5.13. The molecular formula is C15H20N4O3. The molecule has 22 heavy (non-hydrogen) atoms. The summed E-state index contributed by atoms with van der Waals surface area (Å²) in [5.41, 5.74) is 7.34. The van der Waals surface area contributed by atoms with Crippen molar-refractivity contribution >= 4 is 17.5 Å². The van der Waals surface area contributed by atoms with Crippen LogP contribution in [0.4, 0.5) is 0 Å². The van der Waals surface area contributed by atoms with E-state index in [4.69, 9.17) is 20.7 Å². The molecule has 0 saturated carbocycles. The minimum absolute atomic E-state index is 0.319. The normalized spacial score (nSPS) is 16.7. The van der Waals surface area contributed by atoms with Gasteiger partial charge in [0.15, 0.2) is 0 Å². The fourth-order valence-electron chi connectivity index (χ4n) is 2.13. The summed E-state index contributed by atoms with van der Waals surface area (Å²) < 4.78 is 5.65. The Morgan fingerprint density at radius 3 is 2.82 bits per heavy atom. The highest BCUT2D eigenvalue weighted by atomic mass is 16.6. The van der Waals surface area contributed by atoms with E-state index in [2.05, 4.69) is 5.16 Å². The number of nitrogens with one attached hydrogen (secondary N) is 1. The van der Waals surface area contributed by atoms with Gasteiger partial charge < -0.3 is 20.2 Å². The van der Waals surface area contributed by atoms with Crippen LogP contribution in [0.25, 0.3) is 0 Å². The first kappa shape index (κ1) is 15.8. The Bertz CT molecular complexity index is 625. The third-order valence-corrected chi connectivity index (χ3v) is 3.30. The Morgan fingerprint density at radius 1 is 1.55 bits per heavy atom. The maximum Gasteiger partial charge on any atom is 0.261 e. The maximum atomic E-state index is 11.2. The van der Waals surface area contributed by atoms with Crippen molar-refractivity contribution in [2.45, 2.75) is 19.4 Å². The third-order valence-electron chi connectivity index (χ3n) is 3.30. The SMILES string of the molecule is CCOc1cc(C(=N)N(C)C)ccc1C1=NOC(C(N)=O)C1. The molecule has 1 aromatic rings. The fourth-order valence-corrected chi connectivity index (χ4v) is 2.13. The second kappa shape index (κ2) is 6.46. The van der Waals surface area contributed by atoms with Crippen LogP contribution in [0.2, 0.25) is 0 Å². The molecule has 2 rings (SSSR count). The van der Waals surface area contributed by atoms with E-state index in [9.17, 15) is 4.79 Å². The predicted molar refractivity (Wildman–Crippen MR) is 83.3 cm³/mol. The van der Waals surface area contributed by atoms with Crippen molar-refractivity contribution in [3.05, 3.63) is 29.3 Å². The number of carbonyl (C=O) groups is 1. The summed E-state index contributed by atoms with van der Waals surface area (Å²) in [5.74, 6) is 0.453. The molecule has 1 aliphatic rings. The van der Waals surface area contributed by atoms with E-state index in [1.165, 1.54) is 0 Å². The molecule has 118 valence electrons. The van der Waals surface area contributed by atoms with E-state index in [0.29, 0.717) is 30.3 Å². The molecule has 0 saturated heterocycles. The minimum atomic E-state index is -0.732. The summed E-state index contributed by atoms with van der Waals surface area (Å²) in [6, 6.07) is 5.44. The van der Waals surface area contributed by atoms with Gasteiger partial charge in [0, 0.05) is 31.6 Å². The zero-order valence-electron chi connectivity index (χ0n) is 12.9. The van der Waals surface area contributed by atoms with Crippen LogP contribution in [-0.4, -0.2) is 49.2 Å². The van der Waals surface area contributed by atoms with E-state index < -0.39 is 12.0 Å². The quantitative estimate of drug-likeness (QED) is 0.624. The molecule has 1 aromatic carbocycles.